The van der Waals surface area contributed by atoms with E-state index in [9.17, 15) is 0 Å². The van der Waals surface area contributed by atoms with Crippen molar-refractivity contribution in [2.45, 2.75) is 26.7 Å². The molecule has 6 nitrogen and oxygen atoms in total. The molecule has 2 rings (SSSR count). The molecule has 6 heteroatoms. The molecule has 2 aromatic rings. The molecule has 2 heterocycles. The zero-order valence-electron chi connectivity index (χ0n) is 11.7. The minimum absolute atomic E-state index is 0.389. The lowest BCUT2D eigenvalue weighted by molar-refractivity contribution is 0.331. The van der Waals surface area contributed by atoms with E-state index in [4.69, 9.17) is 10.3 Å². The van der Waals surface area contributed by atoms with Gasteiger partial charge in [-0.2, -0.15) is 4.98 Å². The summed E-state index contributed by atoms with van der Waals surface area (Å²) in [6, 6.07) is 0. The van der Waals surface area contributed by atoms with E-state index in [0.717, 1.165) is 18.5 Å². The summed E-state index contributed by atoms with van der Waals surface area (Å²) in [5.74, 6) is 2.23. The fourth-order valence-corrected chi connectivity index (χ4v) is 2.19. The Morgan fingerprint density at radius 1 is 1.42 bits per heavy atom. The molecule has 0 spiro atoms. The van der Waals surface area contributed by atoms with Crippen LogP contribution in [0.15, 0.2) is 17.0 Å². The highest BCUT2D eigenvalue weighted by Gasteiger charge is 2.16. The van der Waals surface area contributed by atoms with Crippen LogP contribution in [-0.4, -0.2) is 26.2 Å². The van der Waals surface area contributed by atoms with Crippen LogP contribution in [0.5, 0.6) is 0 Å². The van der Waals surface area contributed by atoms with Crippen molar-refractivity contribution in [3.8, 4) is 11.5 Å². The van der Waals surface area contributed by atoms with Gasteiger partial charge in [0, 0.05) is 13.5 Å². The van der Waals surface area contributed by atoms with Crippen LogP contribution in [0.3, 0.4) is 0 Å². The first-order valence-electron chi connectivity index (χ1n) is 6.59. The Morgan fingerprint density at radius 3 is 2.79 bits per heavy atom. The van der Waals surface area contributed by atoms with Crippen molar-refractivity contribution < 1.29 is 4.52 Å². The number of rotatable bonds is 6. The number of nitrogens with two attached hydrogens (primary N) is 1. The zero-order chi connectivity index (χ0) is 13.8. The lowest BCUT2D eigenvalue weighted by Gasteiger charge is -2.14. The first-order chi connectivity index (χ1) is 9.10. The lowest BCUT2D eigenvalue weighted by Crippen LogP contribution is -2.19. The molecular formula is C13H21N5O. The summed E-state index contributed by atoms with van der Waals surface area (Å²) in [7, 11) is 1.90. The molecule has 104 valence electrons. The fraction of sp³-hybridized carbons (Fsp3) is 0.615. The average molecular weight is 263 g/mol. The maximum absolute atomic E-state index is 5.79. The number of aromatic nitrogens is 4. The Morgan fingerprint density at radius 2 is 2.21 bits per heavy atom. The first-order valence-corrected chi connectivity index (χ1v) is 6.59. The molecule has 1 atom stereocenters. The van der Waals surface area contributed by atoms with Gasteiger partial charge in [0.25, 0.3) is 0 Å². The second kappa shape index (κ2) is 5.97. The Hall–Kier alpha value is -1.69. The third kappa shape index (κ3) is 3.41. The second-order valence-electron chi connectivity index (χ2n) is 5.34. The molecule has 19 heavy (non-hydrogen) atoms. The van der Waals surface area contributed by atoms with Crippen molar-refractivity contribution in [2.75, 3.05) is 6.54 Å². The van der Waals surface area contributed by atoms with Crippen molar-refractivity contribution >= 4 is 0 Å². The molecule has 0 bridgehead atoms. The van der Waals surface area contributed by atoms with Crippen molar-refractivity contribution in [1.29, 1.82) is 0 Å². The molecular weight excluding hydrogens is 242 g/mol. The number of hydrogen-bond acceptors (Lipinski definition) is 5. The molecule has 0 radical (unpaired) electrons. The monoisotopic (exact) mass is 263 g/mol. The predicted octanol–water partition coefficient (Wildman–Crippen LogP) is 1.63. The van der Waals surface area contributed by atoms with E-state index in [2.05, 4.69) is 29.0 Å². The summed E-state index contributed by atoms with van der Waals surface area (Å²) in [6.07, 6.45) is 5.25. The molecule has 2 N–H and O–H groups in total. The van der Waals surface area contributed by atoms with Gasteiger partial charge in [0.2, 0.25) is 11.7 Å². The van der Waals surface area contributed by atoms with Gasteiger partial charge in [0.1, 0.15) is 5.69 Å². The van der Waals surface area contributed by atoms with Crippen LogP contribution in [-0.2, 0) is 13.5 Å². The van der Waals surface area contributed by atoms with Crippen LogP contribution in [0.4, 0.5) is 0 Å². The maximum atomic E-state index is 5.79. The van der Waals surface area contributed by atoms with Gasteiger partial charge in [-0.05, 0) is 24.8 Å². The summed E-state index contributed by atoms with van der Waals surface area (Å²) in [5, 5.41) is 4.00. The van der Waals surface area contributed by atoms with E-state index >= 15 is 0 Å². The third-order valence-corrected chi connectivity index (χ3v) is 3.12. The van der Waals surface area contributed by atoms with Crippen molar-refractivity contribution in [2.24, 2.45) is 24.6 Å². The second-order valence-corrected chi connectivity index (χ2v) is 5.34. The molecule has 0 amide bonds. The summed E-state index contributed by atoms with van der Waals surface area (Å²) < 4.78 is 7.16. The molecule has 0 aliphatic heterocycles. The third-order valence-electron chi connectivity index (χ3n) is 3.12. The highest BCUT2D eigenvalue weighted by Crippen LogP contribution is 2.18. The standard InChI is InChI=1S/C13H21N5O/c1-9(2)4-10(6-14)5-12-16-13(17-19-12)11-7-15-8-18(11)3/h7-10H,4-6,14H2,1-3H3. The molecule has 1 unspecified atom stereocenters. The SMILES string of the molecule is CC(C)CC(CN)Cc1nc(-c2cncn2C)no1. The Labute approximate surface area is 113 Å². The van der Waals surface area contributed by atoms with Gasteiger partial charge in [-0.25, -0.2) is 4.98 Å². The first kappa shape index (κ1) is 13.7. The van der Waals surface area contributed by atoms with Gasteiger partial charge in [-0.3, -0.25) is 0 Å². The number of imidazole rings is 1. The van der Waals surface area contributed by atoms with E-state index in [0.29, 0.717) is 30.1 Å². The van der Waals surface area contributed by atoms with E-state index in [1.165, 1.54) is 0 Å². The van der Waals surface area contributed by atoms with Crippen LogP contribution in [0.25, 0.3) is 11.5 Å². The normalized spacial score (nSPS) is 13.1. The Bertz CT molecular complexity index is 517. The van der Waals surface area contributed by atoms with Crippen molar-refractivity contribution in [1.82, 2.24) is 19.7 Å². The summed E-state index contributed by atoms with van der Waals surface area (Å²) >= 11 is 0. The van der Waals surface area contributed by atoms with Gasteiger partial charge in [0.05, 0.1) is 12.5 Å². The fourth-order valence-electron chi connectivity index (χ4n) is 2.19. The lowest BCUT2D eigenvalue weighted by atomic mass is 9.94. The van der Waals surface area contributed by atoms with E-state index < -0.39 is 0 Å². The van der Waals surface area contributed by atoms with Crippen LogP contribution in [0.2, 0.25) is 0 Å². The molecule has 0 saturated carbocycles. The minimum atomic E-state index is 0.389. The number of aryl methyl sites for hydroxylation is 1. The average Bonchev–Trinajstić information content (AvgIpc) is 2.96. The highest BCUT2D eigenvalue weighted by atomic mass is 16.5. The van der Waals surface area contributed by atoms with Crippen LogP contribution in [0, 0.1) is 11.8 Å². The van der Waals surface area contributed by atoms with Gasteiger partial charge < -0.3 is 14.8 Å². The van der Waals surface area contributed by atoms with E-state index in [1.54, 1.807) is 12.5 Å². The summed E-state index contributed by atoms with van der Waals surface area (Å²) in [6.45, 7) is 5.02. The molecule has 0 fully saturated rings. The molecule has 0 saturated heterocycles. The van der Waals surface area contributed by atoms with Gasteiger partial charge in [-0.1, -0.05) is 19.0 Å². The van der Waals surface area contributed by atoms with Gasteiger partial charge >= 0.3 is 0 Å². The van der Waals surface area contributed by atoms with Crippen molar-refractivity contribution in [3.63, 3.8) is 0 Å². The topological polar surface area (TPSA) is 82.8 Å². The molecule has 0 aliphatic rings. The van der Waals surface area contributed by atoms with E-state index in [-0.39, 0.29) is 0 Å². The number of hydrogen-bond donors (Lipinski definition) is 1. The van der Waals surface area contributed by atoms with Gasteiger partial charge in [0.15, 0.2) is 0 Å². The van der Waals surface area contributed by atoms with Crippen LogP contribution < -0.4 is 5.73 Å². The quantitative estimate of drug-likeness (QED) is 0.856. The highest BCUT2D eigenvalue weighted by molar-refractivity contribution is 5.46. The Kier molecular flexibility index (Phi) is 4.31. The Balaban J connectivity index is 2.07. The maximum Gasteiger partial charge on any atom is 0.227 e. The van der Waals surface area contributed by atoms with E-state index in [1.807, 2.05) is 11.6 Å². The predicted molar refractivity (Wildman–Crippen MR) is 72.2 cm³/mol. The summed E-state index contributed by atoms with van der Waals surface area (Å²) in [5.41, 5.74) is 6.64. The van der Waals surface area contributed by atoms with Crippen LogP contribution >= 0.6 is 0 Å². The zero-order valence-corrected chi connectivity index (χ0v) is 11.7. The smallest absolute Gasteiger partial charge is 0.227 e. The molecule has 2 aromatic heterocycles. The number of nitrogens with zero attached hydrogens (tertiary/aromatic N) is 4. The summed E-state index contributed by atoms with van der Waals surface area (Å²) in [4.78, 5) is 8.46. The molecule has 0 aliphatic carbocycles. The minimum Gasteiger partial charge on any atom is -0.339 e. The van der Waals surface area contributed by atoms with Crippen molar-refractivity contribution in [3.05, 3.63) is 18.4 Å². The largest absolute Gasteiger partial charge is 0.339 e. The molecule has 0 aromatic carbocycles. The van der Waals surface area contributed by atoms with Crippen LogP contribution in [0.1, 0.15) is 26.2 Å². The van der Waals surface area contributed by atoms with Gasteiger partial charge in [-0.15, -0.1) is 0 Å².